The average molecular weight is 256 g/mol. The average Bonchev–Trinajstić information content (AvgIpc) is 2.91. The minimum atomic E-state index is -0.875. The number of rotatable bonds is 1. The van der Waals surface area contributed by atoms with E-state index in [1.165, 1.54) is 11.1 Å². The van der Waals surface area contributed by atoms with Gasteiger partial charge in [0.1, 0.15) is 5.41 Å². The Morgan fingerprint density at radius 1 is 1.21 bits per heavy atom. The number of nitriles is 1. The van der Waals surface area contributed by atoms with Crippen LogP contribution in [0.3, 0.4) is 0 Å². The molecule has 0 aromatic heterocycles. The molecule has 4 heteroatoms. The number of ether oxygens (including phenoxy) is 1. The predicted octanol–water partition coefficient (Wildman–Crippen LogP) is 1.85. The Morgan fingerprint density at radius 2 is 1.79 bits per heavy atom. The van der Waals surface area contributed by atoms with Crippen LogP contribution in [-0.4, -0.2) is 24.0 Å². The van der Waals surface area contributed by atoms with Crippen molar-refractivity contribution in [3.8, 4) is 6.07 Å². The molecule has 1 fully saturated rings. The zero-order chi connectivity index (χ0) is 13.3. The Labute approximate surface area is 112 Å². The maximum absolute atomic E-state index is 12.7. The van der Waals surface area contributed by atoms with Crippen molar-refractivity contribution in [3.05, 3.63) is 35.4 Å². The van der Waals surface area contributed by atoms with Crippen molar-refractivity contribution in [1.29, 1.82) is 5.26 Å². The highest BCUT2D eigenvalue weighted by atomic mass is 16.5. The van der Waals surface area contributed by atoms with Crippen molar-refractivity contribution in [1.82, 2.24) is 4.90 Å². The van der Waals surface area contributed by atoms with E-state index in [-0.39, 0.29) is 5.91 Å². The van der Waals surface area contributed by atoms with Gasteiger partial charge in [0.05, 0.1) is 6.07 Å². The summed E-state index contributed by atoms with van der Waals surface area (Å²) in [6, 6.07) is 10.3. The number of amides is 1. The maximum Gasteiger partial charge on any atom is 0.243 e. The quantitative estimate of drug-likeness (QED) is 0.770. The fraction of sp³-hybridized carbons (Fsp3) is 0.467. The molecule has 19 heavy (non-hydrogen) atoms. The summed E-state index contributed by atoms with van der Waals surface area (Å²) in [5, 5.41) is 9.44. The number of carbonyl (C=O) groups excluding carboxylic acids is 1. The van der Waals surface area contributed by atoms with Crippen LogP contribution in [0.1, 0.15) is 24.0 Å². The molecule has 2 aliphatic rings. The van der Waals surface area contributed by atoms with E-state index < -0.39 is 5.41 Å². The molecule has 1 saturated heterocycles. The molecule has 4 nitrogen and oxygen atoms in total. The van der Waals surface area contributed by atoms with Crippen LogP contribution in [0.4, 0.5) is 0 Å². The summed E-state index contributed by atoms with van der Waals surface area (Å²) in [7, 11) is 0. The van der Waals surface area contributed by atoms with E-state index in [0.717, 1.165) is 0 Å². The van der Waals surface area contributed by atoms with E-state index in [1.807, 2.05) is 24.3 Å². The van der Waals surface area contributed by atoms with Gasteiger partial charge in [0.15, 0.2) is 0 Å². The molecule has 1 aromatic carbocycles. The number of hydrogen-bond acceptors (Lipinski definition) is 3. The van der Waals surface area contributed by atoms with E-state index in [4.69, 9.17) is 4.74 Å². The van der Waals surface area contributed by atoms with Gasteiger partial charge in [-0.2, -0.15) is 5.26 Å². The molecule has 0 saturated carbocycles. The summed E-state index contributed by atoms with van der Waals surface area (Å²) in [4.78, 5) is 14.5. The van der Waals surface area contributed by atoms with Crippen LogP contribution in [0.15, 0.2) is 24.3 Å². The maximum atomic E-state index is 12.7. The molecule has 0 aliphatic carbocycles. The van der Waals surface area contributed by atoms with Gasteiger partial charge in [-0.05, 0) is 24.0 Å². The van der Waals surface area contributed by atoms with Gasteiger partial charge in [-0.3, -0.25) is 4.79 Å². The molecular formula is C15H16N2O2. The molecule has 0 N–H and O–H groups in total. The number of carbonyl (C=O) groups is 1. The van der Waals surface area contributed by atoms with Crippen molar-refractivity contribution in [3.63, 3.8) is 0 Å². The van der Waals surface area contributed by atoms with Gasteiger partial charge in [-0.15, -0.1) is 0 Å². The lowest BCUT2D eigenvalue weighted by molar-refractivity contribution is -0.144. The van der Waals surface area contributed by atoms with Crippen LogP contribution in [-0.2, 0) is 22.6 Å². The SMILES string of the molecule is N#CC1(C(=O)N2Cc3ccccc3C2)CCOCC1. The third kappa shape index (κ3) is 2.00. The van der Waals surface area contributed by atoms with Crippen LogP contribution in [0, 0.1) is 16.7 Å². The number of hydrogen-bond donors (Lipinski definition) is 0. The minimum absolute atomic E-state index is 0.0329. The molecule has 1 amide bonds. The molecule has 0 spiro atoms. The standard InChI is InChI=1S/C15H16N2O2/c16-11-15(5-7-19-8-6-15)14(18)17-9-12-3-1-2-4-13(12)10-17/h1-4H,5-10H2. The van der Waals surface area contributed by atoms with E-state index in [2.05, 4.69) is 6.07 Å². The lowest BCUT2D eigenvalue weighted by atomic mass is 9.80. The second-order valence-corrected chi connectivity index (χ2v) is 5.24. The molecule has 98 valence electrons. The Hall–Kier alpha value is -1.86. The number of nitrogens with zero attached hydrogens (tertiary/aromatic N) is 2. The molecular weight excluding hydrogens is 240 g/mol. The first kappa shape index (κ1) is 12.2. The molecule has 3 rings (SSSR count). The lowest BCUT2D eigenvalue weighted by Gasteiger charge is -2.32. The van der Waals surface area contributed by atoms with E-state index >= 15 is 0 Å². The summed E-state index contributed by atoms with van der Waals surface area (Å²) in [5.74, 6) is -0.0329. The smallest absolute Gasteiger partial charge is 0.243 e. The largest absolute Gasteiger partial charge is 0.381 e. The van der Waals surface area contributed by atoms with Gasteiger partial charge in [-0.25, -0.2) is 0 Å². The lowest BCUT2D eigenvalue weighted by Crippen LogP contribution is -2.44. The van der Waals surface area contributed by atoms with Gasteiger partial charge in [0.2, 0.25) is 5.91 Å². The highest BCUT2D eigenvalue weighted by molar-refractivity contribution is 5.86. The molecule has 0 radical (unpaired) electrons. The topological polar surface area (TPSA) is 53.3 Å². The first-order valence-electron chi connectivity index (χ1n) is 6.60. The van der Waals surface area contributed by atoms with Gasteiger partial charge in [0.25, 0.3) is 0 Å². The van der Waals surface area contributed by atoms with Crippen molar-refractivity contribution in [2.45, 2.75) is 25.9 Å². The third-order valence-electron chi connectivity index (χ3n) is 4.10. The van der Waals surface area contributed by atoms with E-state index in [9.17, 15) is 10.1 Å². The van der Waals surface area contributed by atoms with Crippen molar-refractivity contribution in [2.24, 2.45) is 5.41 Å². The van der Waals surface area contributed by atoms with Gasteiger partial charge < -0.3 is 9.64 Å². The van der Waals surface area contributed by atoms with E-state index in [0.29, 0.717) is 39.1 Å². The number of fused-ring (bicyclic) bond motifs is 1. The highest BCUT2D eigenvalue weighted by Crippen LogP contribution is 2.35. The van der Waals surface area contributed by atoms with Crippen molar-refractivity contribution >= 4 is 5.91 Å². The van der Waals surface area contributed by atoms with Crippen molar-refractivity contribution in [2.75, 3.05) is 13.2 Å². The normalized spacial score (nSPS) is 20.7. The van der Waals surface area contributed by atoms with Gasteiger partial charge in [0, 0.05) is 26.3 Å². The predicted molar refractivity (Wildman–Crippen MR) is 68.8 cm³/mol. The second kappa shape index (κ2) is 4.67. The molecule has 0 unspecified atom stereocenters. The van der Waals surface area contributed by atoms with Crippen LogP contribution in [0.5, 0.6) is 0 Å². The monoisotopic (exact) mass is 256 g/mol. The zero-order valence-corrected chi connectivity index (χ0v) is 10.8. The first-order valence-corrected chi connectivity index (χ1v) is 6.60. The Balaban J connectivity index is 1.81. The summed E-state index contributed by atoms with van der Waals surface area (Å²) < 4.78 is 5.28. The van der Waals surface area contributed by atoms with Crippen LogP contribution in [0.2, 0.25) is 0 Å². The summed E-state index contributed by atoms with van der Waals surface area (Å²) in [6.45, 7) is 2.25. The van der Waals surface area contributed by atoms with Crippen LogP contribution in [0.25, 0.3) is 0 Å². The Kier molecular flexibility index (Phi) is 3.00. The zero-order valence-electron chi connectivity index (χ0n) is 10.8. The summed E-state index contributed by atoms with van der Waals surface area (Å²) >= 11 is 0. The van der Waals surface area contributed by atoms with Crippen LogP contribution < -0.4 is 0 Å². The summed E-state index contributed by atoms with van der Waals surface area (Å²) in [6.07, 6.45) is 1.02. The second-order valence-electron chi connectivity index (χ2n) is 5.24. The minimum Gasteiger partial charge on any atom is -0.381 e. The molecule has 2 heterocycles. The molecule has 0 atom stereocenters. The Morgan fingerprint density at radius 3 is 2.32 bits per heavy atom. The fourth-order valence-electron chi connectivity index (χ4n) is 2.87. The number of benzene rings is 1. The molecule has 2 aliphatic heterocycles. The highest BCUT2D eigenvalue weighted by Gasteiger charge is 2.44. The van der Waals surface area contributed by atoms with Crippen molar-refractivity contribution < 1.29 is 9.53 Å². The first-order chi connectivity index (χ1) is 9.25. The van der Waals surface area contributed by atoms with Crippen LogP contribution >= 0.6 is 0 Å². The molecule has 0 bridgehead atoms. The van der Waals surface area contributed by atoms with E-state index in [1.54, 1.807) is 4.90 Å². The third-order valence-corrected chi connectivity index (χ3v) is 4.10. The fourth-order valence-corrected chi connectivity index (χ4v) is 2.87. The summed E-state index contributed by atoms with van der Waals surface area (Å²) in [5.41, 5.74) is 1.51. The Bertz CT molecular complexity index is 516. The van der Waals surface area contributed by atoms with Gasteiger partial charge >= 0.3 is 0 Å². The van der Waals surface area contributed by atoms with Gasteiger partial charge in [-0.1, -0.05) is 24.3 Å². The molecule has 1 aromatic rings.